The molecule has 1 heterocycles. The van der Waals surface area contributed by atoms with Gasteiger partial charge in [0.05, 0.1) is 0 Å². The Balaban J connectivity index is 3.11. The molecule has 1 aromatic heterocycles. The zero-order valence-corrected chi connectivity index (χ0v) is 12.7. The van der Waals surface area contributed by atoms with E-state index in [1.807, 2.05) is 11.5 Å². The Morgan fingerprint density at radius 2 is 2.16 bits per heavy atom. The average Bonchev–Trinajstić information content (AvgIpc) is 2.72. The van der Waals surface area contributed by atoms with Crippen molar-refractivity contribution in [2.75, 3.05) is 13.6 Å². The van der Waals surface area contributed by atoms with Crippen LogP contribution in [0.5, 0.6) is 0 Å². The van der Waals surface area contributed by atoms with Crippen molar-refractivity contribution in [2.45, 2.75) is 38.3 Å². The zero-order valence-electron chi connectivity index (χ0n) is 11.9. The van der Waals surface area contributed by atoms with Crippen LogP contribution in [0.25, 0.3) is 0 Å². The van der Waals surface area contributed by atoms with Crippen LogP contribution in [0.2, 0.25) is 0 Å². The summed E-state index contributed by atoms with van der Waals surface area (Å²) in [6.07, 6.45) is 2.60. The SMILES string of the molecule is C=C(C)CN(C)S(=O)(=O)c1cc(CN)n(CCC)c1. The molecule has 0 saturated carbocycles. The number of rotatable bonds is 7. The second-order valence-corrected chi connectivity index (χ2v) is 6.83. The highest BCUT2D eigenvalue weighted by Gasteiger charge is 2.23. The summed E-state index contributed by atoms with van der Waals surface area (Å²) >= 11 is 0. The number of likely N-dealkylation sites (N-methyl/N-ethyl adjacent to an activating group) is 1. The molecule has 0 aliphatic carbocycles. The number of sulfonamides is 1. The molecular formula is C13H23N3O2S. The van der Waals surface area contributed by atoms with Crippen molar-refractivity contribution in [3.63, 3.8) is 0 Å². The number of hydrogen-bond donors (Lipinski definition) is 1. The number of aromatic nitrogens is 1. The normalized spacial score (nSPS) is 12.1. The van der Waals surface area contributed by atoms with Crippen molar-refractivity contribution in [2.24, 2.45) is 5.73 Å². The second kappa shape index (κ2) is 6.36. The molecule has 0 aliphatic heterocycles. The van der Waals surface area contributed by atoms with Crippen LogP contribution in [-0.4, -0.2) is 30.9 Å². The molecule has 5 nitrogen and oxygen atoms in total. The molecule has 19 heavy (non-hydrogen) atoms. The van der Waals surface area contributed by atoms with Crippen molar-refractivity contribution >= 4 is 10.0 Å². The minimum atomic E-state index is -3.47. The molecule has 2 N–H and O–H groups in total. The summed E-state index contributed by atoms with van der Waals surface area (Å²) in [6.45, 7) is 9.01. The van der Waals surface area contributed by atoms with Crippen LogP contribution in [0, 0.1) is 0 Å². The first-order valence-electron chi connectivity index (χ1n) is 6.32. The van der Waals surface area contributed by atoms with Crippen molar-refractivity contribution in [1.82, 2.24) is 8.87 Å². The topological polar surface area (TPSA) is 68.3 Å². The highest BCUT2D eigenvalue weighted by atomic mass is 32.2. The first kappa shape index (κ1) is 15.9. The first-order chi connectivity index (χ1) is 8.82. The average molecular weight is 285 g/mol. The molecule has 108 valence electrons. The largest absolute Gasteiger partial charge is 0.349 e. The Morgan fingerprint density at radius 3 is 2.63 bits per heavy atom. The standard InChI is InChI=1S/C13H23N3O2S/c1-5-6-16-10-13(7-12(16)8-14)19(17,18)15(4)9-11(2)3/h7,10H,2,5-6,8-9,14H2,1,3-4H3. The number of hydrogen-bond acceptors (Lipinski definition) is 3. The Hall–Kier alpha value is -1.11. The molecule has 0 aromatic carbocycles. The van der Waals surface area contributed by atoms with Gasteiger partial charge in [-0.3, -0.25) is 0 Å². The molecule has 1 rings (SSSR count). The van der Waals surface area contributed by atoms with Crippen LogP contribution < -0.4 is 5.73 Å². The molecule has 0 radical (unpaired) electrons. The Morgan fingerprint density at radius 1 is 1.53 bits per heavy atom. The van der Waals surface area contributed by atoms with Crippen molar-refractivity contribution in [3.05, 3.63) is 30.1 Å². The maximum atomic E-state index is 12.4. The summed E-state index contributed by atoms with van der Waals surface area (Å²) in [5.41, 5.74) is 7.29. The van der Waals surface area contributed by atoms with Gasteiger partial charge in [-0.05, 0) is 19.4 Å². The highest BCUT2D eigenvalue weighted by Crippen LogP contribution is 2.19. The van der Waals surface area contributed by atoms with E-state index >= 15 is 0 Å². The third-order valence-corrected chi connectivity index (χ3v) is 4.60. The van der Waals surface area contributed by atoms with Crippen molar-refractivity contribution < 1.29 is 8.42 Å². The maximum Gasteiger partial charge on any atom is 0.244 e. The molecule has 0 amide bonds. The minimum absolute atomic E-state index is 0.296. The van der Waals surface area contributed by atoms with Crippen LogP contribution in [0.1, 0.15) is 26.0 Å². The third-order valence-electron chi connectivity index (χ3n) is 2.84. The summed E-state index contributed by atoms with van der Waals surface area (Å²) in [7, 11) is -1.91. The quantitative estimate of drug-likeness (QED) is 0.773. The Kier molecular flexibility index (Phi) is 5.34. The van der Waals surface area contributed by atoms with E-state index in [2.05, 4.69) is 6.58 Å². The summed E-state index contributed by atoms with van der Waals surface area (Å²) in [5.74, 6) is 0. The smallest absolute Gasteiger partial charge is 0.244 e. The van der Waals surface area contributed by atoms with Crippen LogP contribution in [0.3, 0.4) is 0 Å². The molecule has 0 fully saturated rings. The predicted octanol–water partition coefficient (Wildman–Crippen LogP) is 1.55. The molecular weight excluding hydrogens is 262 g/mol. The van der Waals surface area contributed by atoms with Crippen molar-refractivity contribution in [3.8, 4) is 0 Å². The highest BCUT2D eigenvalue weighted by molar-refractivity contribution is 7.89. The van der Waals surface area contributed by atoms with Gasteiger partial charge in [0.15, 0.2) is 0 Å². The lowest BCUT2D eigenvalue weighted by Crippen LogP contribution is -2.28. The van der Waals surface area contributed by atoms with Gasteiger partial charge in [-0.25, -0.2) is 8.42 Å². The molecule has 0 aliphatic rings. The minimum Gasteiger partial charge on any atom is -0.349 e. The fourth-order valence-corrected chi connectivity index (χ4v) is 3.23. The number of nitrogens with zero attached hydrogens (tertiary/aromatic N) is 2. The molecule has 0 spiro atoms. The van der Waals surface area contributed by atoms with Crippen LogP contribution in [0.4, 0.5) is 0 Å². The summed E-state index contributed by atoms with van der Waals surface area (Å²) in [5, 5.41) is 0. The van der Waals surface area contributed by atoms with E-state index in [9.17, 15) is 8.42 Å². The number of nitrogens with two attached hydrogens (primary N) is 1. The zero-order chi connectivity index (χ0) is 14.6. The van der Waals surface area contributed by atoms with E-state index in [1.54, 1.807) is 26.2 Å². The van der Waals surface area contributed by atoms with E-state index < -0.39 is 10.0 Å². The fraction of sp³-hybridized carbons (Fsp3) is 0.538. The predicted molar refractivity (Wildman–Crippen MR) is 77.2 cm³/mol. The van der Waals surface area contributed by atoms with E-state index in [1.165, 1.54) is 4.31 Å². The van der Waals surface area contributed by atoms with E-state index in [-0.39, 0.29) is 0 Å². The summed E-state index contributed by atoms with van der Waals surface area (Å²) < 4.78 is 28.0. The Labute approximate surface area is 115 Å². The van der Waals surface area contributed by atoms with Gasteiger partial charge in [0, 0.05) is 38.6 Å². The molecule has 0 saturated heterocycles. The molecule has 6 heteroatoms. The van der Waals surface area contributed by atoms with Gasteiger partial charge < -0.3 is 10.3 Å². The van der Waals surface area contributed by atoms with Gasteiger partial charge in [0.1, 0.15) is 4.90 Å². The van der Waals surface area contributed by atoms with E-state index in [4.69, 9.17) is 5.73 Å². The van der Waals surface area contributed by atoms with Gasteiger partial charge in [-0.2, -0.15) is 4.31 Å². The number of aryl methyl sites for hydroxylation is 1. The Bertz CT molecular complexity index is 546. The molecule has 0 atom stereocenters. The van der Waals surface area contributed by atoms with Crippen LogP contribution in [-0.2, 0) is 23.1 Å². The van der Waals surface area contributed by atoms with Crippen LogP contribution >= 0.6 is 0 Å². The molecule has 0 unspecified atom stereocenters. The lowest BCUT2D eigenvalue weighted by atomic mass is 10.4. The van der Waals surface area contributed by atoms with Crippen LogP contribution in [0.15, 0.2) is 29.3 Å². The van der Waals surface area contributed by atoms with E-state index in [0.29, 0.717) is 18.0 Å². The molecule has 1 aromatic rings. The lowest BCUT2D eigenvalue weighted by molar-refractivity contribution is 0.493. The van der Waals surface area contributed by atoms with Gasteiger partial charge in [-0.15, -0.1) is 0 Å². The fourth-order valence-electron chi connectivity index (χ4n) is 1.93. The molecule has 0 bridgehead atoms. The second-order valence-electron chi connectivity index (χ2n) is 4.78. The summed E-state index contributed by atoms with van der Waals surface area (Å²) in [4.78, 5) is 0.296. The van der Waals surface area contributed by atoms with Crippen molar-refractivity contribution in [1.29, 1.82) is 0 Å². The monoisotopic (exact) mass is 285 g/mol. The van der Waals surface area contributed by atoms with E-state index in [0.717, 1.165) is 24.2 Å². The third kappa shape index (κ3) is 3.68. The maximum absolute atomic E-state index is 12.4. The van der Waals surface area contributed by atoms with Gasteiger partial charge in [-0.1, -0.05) is 19.1 Å². The van der Waals surface area contributed by atoms with Gasteiger partial charge >= 0.3 is 0 Å². The van der Waals surface area contributed by atoms with Gasteiger partial charge in [0.2, 0.25) is 10.0 Å². The summed E-state index contributed by atoms with van der Waals surface area (Å²) in [6, 6.07) is 1.65. The first-order valence-corrected chi connectivity index (χ1v) is 7.76. The van der Waals surface area contributed by atoms with Gasteiger partial charge in [0.25, 0.3) is 0 Å². The lowest BCUT2D eigenvalue weighted by Gasteiger charge is -2.15.